The molecule has 0 spiro atoms. The monoisotopic (exact) mass is 350 g/mol. The van der Waals surface area contributed by atoms with Gasteiger partial charge in [0.05, 0.1) is 11.8 Å². The zero-order valence-electron chi connectivity index (χ0n) is 12.9. The summed E-state index contributed by atoms with van der Waals surface area (Å²) in [7, 11) is -3.25. The third kappa shape index (κ3) is 4.10. The lowest BCUT2D eigenvalue weighted by Crippen LogP contribution is -2.31. The Kier molecular flexibility index (Phi) is 4.71. The van der Waals surface area contributed by atoms with Crippen molar-refractivity contribution in [1.82, 2.24) is 9.71 Å². The molecule has 1 N–H and O–H groups in total. The molecule has 4 nitrogen and oxygen atoms in total. The van der Waals surface area contributed by atoms with Crippen LogP contribution in [-0.4, -0.2) is 19.2 Å². The first-order valence-corrected chi connectivity index (χ1v) is 9.72. The number of hydrogen-bond acceptors (Lipinski definition) is 3. The lowest BCUT2D eigenvalue weighted by molar-refractivity contribution is 0.529. The first-order chi connectivity index (χ1) is 11.0. The van der Waals surface area contributed by atoms with Gasteiger partial charge in [-0.3, -0.25) is 4.98 Å². The smallest absolute Gasteiger partial charge is 0.211 e. The third-order valence-corrected chi connectivity index (χ3v) is 5.66. The van der Waals surface area contributed by atoms with Gasteiger partial charge in [0, 0.05) is 23.0 Å². The Labute approximate surface area is 142 Å². The summed E-state index contributed by atoms with van der Waals surface area (Å²) in [5.41, 5.74) is 2.81. The molecule has 1 heterocycles. The summed E-state index contributed by atoms with van der Waals surface area (Å²) in [5, 5.41) is 0.665. The Bertz CT molecular complexity index is 804. The molecule has 6 heteroatoms. The first kappa shape index (κ1) is 16.4. The van der Waals surface area contributed by atoms with Crippen LogP contribution in [0.3, 0.4) is 0 Å². The lowest BCUT2D eigenvalue weighted by Gasteiger charge is -2.18. The second-order valence-corrected chi connectivity index (χ2v) is 8.33. The van der Waals surface area contributed by atoms with Crippen LogP contribution in [0.4, 0.5) is 0 Å². The summed E-state index contributed by atoms with van der Waals surface area (Å²) >= 11 is 6.05. The molecule has 1 saturated carbocycles. The Hall–Kier alpha value is -1.43. The number of aromatic nitrogens is 1. The molecule has 2 aromatic rings. The zero-order chi connectivity index (χ0) is 16.4. The van der Waals surface area contributed by atoms with E-state index >= 15 is 0 Å². The topological polar surface area (TPSA) is 59.1 Å². The molecule has 0 radical (unpaired) electrons. The van der Waals surface area contributed by atoms with Crippen molar-refractivity contribution in [2.45, 2.75) is 25.8 Å². The van der Waals surface area contributed by atoms with Gasteiger partial charge in [-0.1, -0.05) is 23.7 Å². The quantitative estimate of drug-likeness (QED) is 0.862. The molecule has 1 atom stereocenters. The number of benzene rings is 1. The van der Waals surface area contributed by atoms with Gasteiger partial charge in [-0.15, -0.1) is 0 Å². The van der Waals surface area contributed by atoms with E-state index in [-0.39, 0.29) is 11.8 Å². The maximum atomic E-state index is 12.0. The molecule has 1 aromatic heterocycles. The van der Waals surface area contributed by atoms with Gasteiger partial charge in [0.25, 0.3) is 0 Å². The Morgan fingerprint density at radius 1 is 1.26 bits per heavy atom. The highest BCUT2D eigenvalue weighted by atomic mass is 35.5. The minimum Gasteiger partial charge on any atom is -0.264 e. The van der Waals surface area contributed by atoms with Crippen LogP contribution in [0, 0.1) is 5.92 Å². The summed E-state index contributed by atoms with van der Waals surface area (Å²) in [5.74, 6) is 0.435. The van der Waals surface area contributed by atoms with Crippen molar-refractivity contribution in [1.29, 1.82) is 0 Å². The summed E-state index contributed by atoms with van der Waals surface area (Å²) < 4.78 is 26.7. The Morgan fingerprint density at radius 2 is 2.04 bits per heavy atom. The van der Waals surface area contributed by atoms with Crippen LogP contribution in [0.15, 0.2) is 42.7 Å². The molecule has 3 rings (SSSR count). The lowest BCUT2D eigenvalue weighted by atomic mass is 10.0. The standard InChI is InChI=1S/C17H19ClN2O2S/c1-2-23(21,22)20-17(12-6-7-12)15-8-14(10-19-11-15)13-4-3-5-16(18)9-13/h3-5,8-12,17,20H,2,6-7H2,1H3. The second-order valence-electron chi connectivity index (χ2n) is 5.85. The molecule has 1 aliphatic carbocycles. The highest BCUT2D eigenvalue weighted by Gasteiger charge is 2.35. The molecule has 0 aliphatic heterocycles. The molecule has 0 amide bonds. The predicted octanol–water partition coefficient (Wildman–Crippen LogP) is 3.79. The number of nitrogens with one attached hydrogen (secondary N) is 1. The molecule has 1 unspecified atom stereocenters. The third-order valence-electron chi connectivity index (χ3n) is 4.06. The van der Waals surface area contributed by atoms with E-state index in [4.69, 9.17) is 11.6 Å². The van der Waals surface area contributed by atoms with Gasteiger partial charge in [-0.2, -0.15) is 0 Å². The molecule has 1 aromatic carbocycles. The maximum Gasteiger partial charge on any atom is 0.211 e. The van der Waals surface area contributed by atoms with Crippen LogP contribution in [0.2, 0.25) is 5.02 Å². The van der Waals surface area contributed by atoms with Gasteiger partial charge >= 0.3 is 0 Å². The fourth-order valence-electron chi connectivity index (χ4n) is 2.60. The summed E-state index contributed by atoms with van der Waals surface area (Å²) in [6.45, 7) is 1.65. The van der Waals surface area contributed by atoms with E-state index in [1.807, 2.05) is 30.3 Å². The van der Waals surface area contributed by atoms with Crippen LogP contribution >= 0.6 is 11.6 Å². The maximum absolute atomic E-state index is 12.0. The molecule has 0 saturated heterocycles. The van der Waals surface area contributed by atoms with Crippen molar-refractivity contribution >= 4 is 21.6 Å². The van der Waals surface area contributed by atoms with Crippen molar-refractivity contribution in [3.63, 3.8) is 0 Å². The van der Waals surface area contributed by atoms with Crippen LogP contribution in [0.1, 0.15) is 31.4 Å². The predicted molar refractivity (Wildman–Crippen MR) is 92.7 cm³/mol. The van der Waals surface area contributed by atoms with Crippen LogP contribution in [0.5, 0.6) is 0 Å². The number of hydrogen-bond donors (Lipinski definition) is 1. The average molecular weight is 351 g/mol. The van der Waals surface area contributed by atoms with E-state index in [1.54, 1.807) is 19.3 Å². The van der Waals surface area contributed by atoms with Crippen LogP contribution in [-0.2, 0) is 10.0 Å². The van der Waals surface area contributed by atoms with Crippen molar-refractivity contribution in [2.75, 3.05) is 5.75 Å². The largest absolute Gasteiger partial charge is 0.264 e. The SMILES string of the molecule is CCS(=O)(=O)NC(c1cncc(-c2cccc(Cl)c2)c1)C1CC1. The van der Waals surface area contributed by atoms with Crippen molar-refractivity contribution in [3.8, 4) is 11.1 Å². The minimum atomic E-state index is -3.25. The van der Waals surface area contributed by atoms with Crippen molar-refractivity contribution in [2.24, 2.45) is 5.92 Å². The highest BCUT2D eigenvalue weighted by molar-refractivity contribution is 7.89. The van der Waals surface area contributed by atoms with Gasteiger partial charge in [0.15, 0.2) is 0 Å². The fourth-order valence-corrected chi connectivity index (χ4v) is 3.67. The normalized spacial score (nSPS) is 16.3. The molecule has 23 heavy (non-hydrogen) atoms. The van der Waals surface area contributed by atoms with Gasteiger partial charge in [-0.25, -0.2) is 13.1 Å². The molecule has 122 valence electrons. The zero-order valence-corrected chi connectivity index (χ0v) is 14.4. The number of halogens is 1. The minimum absolute atomic E-state index is 0.0810. The van der Waals surface area contributed by atoms with E-state index in [1.165, 1.54) is 0 Å². The van der Waals surface area contributed by atoms with Crippen LogP contribution in [0.25, 0.3) is 11.1 Å². The Morgan fingerprint density at radius 3 is 2.70 bits per heavy atom. The Balaban J connectivity index is 1.94. The summed E-state index contributed by atoms with van der Waals surface area (Å²) in [6.07, 6.45) is 5.60. The van der Waals surface area contributed by atoms with E-state index in [9.17, 15) is 8.42 Å². The van der Waals surface area contributed by atoms with Gasteiger partial charge in [0.2, 0.25) is 10.0 Å². The summed E-state index contributed by atoms with van der Waals surface area (Å²) in [6, 6.07) is 9.36. The summed E-state index contributed by atoms with van der Waals surface area (Å²) in [4.78, 5) is 4.30. The fraction of sp³-hybridized carbons (Fsp3) is 0.353. The second kappa shape index (κ2) is 6.59. The first-order valence-electron chi connectivity index (χ1n) is 7.69. The molecule has 1 fully saturated rings. The molecular formula is C17H19ClN2O2S. The molecular weight excluding hydrogens is 332 g/mol. The van der Waals surface area contributed by atoms with Gasteiger partial charge < -0.3 is 0 Å². The molecule has 1 aliphatic rings. The number of rotatable bonds is 6. The van der Waals surface area contributed by atoms with E-state index in [2.05, 4.69) is 9.71 Å². The van der Waals surface area contributed by atoms with Gasteiger partial charge in [0.1, 0.15) is 0 Å². The van der Waals surface area contributed by atoms with Crippen molar-refractivity contribution in [3.05, 3.63) is 53.3 Å². The van der Waals surface area contributed by atoms with E-state index < -0.39 is 10.0 Å². The van der Waals surface area contributed by atoms with E-state index in [0.717, 1.165) is 29.5 Å². The van der Waals surface area contributed by atoms with Crippen molar-refractivity contribution < 1.29 is 8.42 Å². The number of nitrogens with zero attached hydrogens (tertiary/aromatic N) is 1. The van der Waals surface area contributed by atoms with E-state index in [0.29, 0.717) is 10.9 Å². The number of sulfonamides is 1. The highest BCUT2D eigenvalue weighted by Crippen LogP contribution is 2.41. The molecule has 0 bridgehead atoms. The van der Waals surface area contributed by atoms with Crippen LogP contribution < -0.4 is 4.72 Å². The number of pyridine rings is 1. The average Bonchev–Trinajstić information content (AvgIpc) is 3.38. The van der Waals surface area contributed by atoms with Gasteiger partial charge in [-0.05, 0) is 55.0 Å².